The van der Waals surface area contributed by atoms with Gasteiger partial charge in [-0.2, -0.15) is 12.6 Å². The van der Waals surface area contributed by atoms with Crippen molar-refractivity contribution in [2.24, 2.45) is 0 Å². The van der Waals surface area contributed by atoms with Gasteiger partial charge in [0.05, 0.1) is 5.39 Å². The fraction of sp³-hybridized carbons (Fsp3) is 0.235. The topological polar surface area (TPSA) is 50.7 Å². The first kappa shape index (κ1) is 16.0. The molecule has 0 aliphatic carbocycles. The molecule has 6 heteroatoms. The third kappa shape index (κ3) is 3.92. The zero-order valence-corrected chi connectivity index (χ0v) is 14.2. The lowest BCUT2D eigenvalue weighted by Crippen LogP contribution is -2.10. The number of halogens is 1. The number of nitrogens with zero attached hydrogens (tertiary/aromatic N) is 3. The van der Waals surface area contributed by atoms with Crippen molar-refractivity contribution < 1.29 is 0 Å². The Labute approximate surface area is 145 Å². The zero-order valence-electron chi connectivity index (χ0n) is 12.5. The lowest BCUT2D eigenvalue weighted by Gasteiger charge is -2.10. The Balaban J connectivity index is 1.80. The average Bonchev–Trinajstić information content (AvgIpc) is 2.57. The Bertz CT molecular complexity index is 809. The van der Waals surface area contributed by atoms with E-state index in [-0.39, 0.29) is 0 Å². The predicted octanol–water partition coefficient (Wildman–Crippen LogP) is 3.81. The predicted molar refractivity (Wildman–Crippen MR) is 98.5 cm³/mol. The van der Waals surface area contributed by atoms with Gasteiger partial charge in [0.1, 0.15) is 11.6 Å². The molecule has 0 spiro atoms. The molecule has 0 unspecified atom stereocenters. The quantitative estimate of drug-likeness (QED) is 0.668. The van der Waals surface area contributed by atoms with Crippen LogP contribution in [0.5, 0.6) is 0 Å². The standard InChI is InChI=1S/C17H17ClN4S/c18-14-6-2-1-4-12(14)7-10-20-17-13-5-3-9-19-16(13)21-15(22-17)8-11-23/h1-6,9,23H,7-8,10-11H2,(H,19,20,21,22). The van der Waals surface area contributed by atoms with Gasteiger partial charge in [0.25, 0.3) is 0 Å². The van der Waals surface area contributed by atoms with E-state index in [1.54, 1.807) is 6.20 Å². The molecule has 0 saturated heterocycles. The van der Waals surface area contributed by atoms with Crippen LogP contribution in [-0.2, 0) is 12.8 Å². The lowest BCUT2D eigenvalue weighted by molar-refractivity contribution is 0.945. The number of thiol groups is 1. The highest BCUT2D eigenvalue weighted by Gasteiger charge is 2.08. The van der Waals surface area contributed by atoms with Crippen molar-refractivity contribution >= 4 is 41.1 Å². The van der Waals surface area contributed by atoms with Crippen LogP contribution in [0.3, 0.4) is 0 Å². The fourth-order valence-corrected chi connectivity index (χ4v) is 2.80. The highest BCUT2D eigenvalue weighted by atomic mass is 35.5. The Hall–Kier alpha value is -1.85. The number of rotatable bonds is 6. The molecule has 0 saturated carbocycles. The SMILES string of the molecule is SCCc1nc(NCCc2ccccc2Cl)c2cccnc2n1. The van der Waals surface area contributed by atoms with E-state index in [9.17, 15) is 0 Å². The third-order valence-corrected chi connectivity index (χ3v) is 4.09. The van der Waals surface area contributed by atoms with Crippen LogP contribution >= 0.6 is 24.2 Å². The number of fused-ring (bicyclic) bond motifs is 1. The number of aryl methyl sites for hydroxylation is 1. The molecular weight excluding hydrogens is 328 g/mol. The number of pyridine rings is 1. The van der Waals surface area contributed by atoms with Gasteiger partial charge in [0, 0.05) is 24.2 Å². The largest absolute Gasteiger partial charge is 0.369 e. The number of anilines is 1. The highest BCUT2D eigenvalue weighted by Crippen LogP contribution is 2.20. The van der Waals surface area contributed by atoms with Crippen molar-refractivity contribution in [2.45, 2.75) is 12.8 Å². The number of hydrogen-bond donors (Lipinski definition) is 2. The Kier molecular flexibility index (Phi) is 5.31. The van der Waals surface area contributed by atoms with Crippen LogP contribution in [0.1, 0.15) is 11.4 Å². The maximum atomic E-state index is 6.20. The van der Waals surface area contributed by atoms with E-state index in [1.165, 1.54) is 0 Å². The Morgan fingerprint density at radius 2 is 1.91 bits per heavy atom. The summed E-state index contributed by atoms with van der Waals surface area (Å²) in [6.45, 7) is 0.741. The molecule has 3 aromatic rings. The fourth-order valence-electron chi connectivity index (χ4n) is 2.37. The minimum atomic E-state index is 0.706. The molecule has 2 heterocycles. The van der Waals surface area contributed by atoms with Crippen molar-refractivity contribution in [1.82, 2.24) is 15.0 Å². The summed E-state index contributed by atoms with van der Waals surface area (Å²) in [6, 6.07) is 11.7. The van der Waals surface area contributed by atoms with E-state index in [0.717, 1.165) is 47.0 Å². The van der Waals surface area contributed by atoms with Crippen LogP contribution in [0.25, 0.3) is 11.0 Å². The Morgan fingerprint density at radius 3 is 2.74 bits per heavy atom. The smallest absolute Gasteiger partial charge is 0.164 e. The van der Waals surface area contributed by atoms with E-state index >= 15 is 0 Å². The summed E-state index contributed by atoms with van der Waals surface area (Å²) >= 11 is 10.5. The second kappa shape index (κ2) is 7.62. The number of hydrogen-bond acceptors (Lipinski definition) is 5. The van der Waals surface area contributed by atoms with E-state index in [2.05, 4.69) is 32.9 Å². The molecule has 2 aromatic heterocycles. The van der Waals surface area contributed by atoms with Crippen LogP contribution in [0, 0.1) is 0 Å². The molecule has 1 N–H and O–H groups in total. The molecule has 0 aliphatic rings. The van der Waals surface area contributed by atoms with Crippen LogP contribution in [0.2, 0.25) is 5.02 Å². The summed E-state index contributed by atoms with van der Waals surface area (Å²) in [4.78, 5) is 13.4. The first-order valence-corrected chi connectivity index (χ1v) is 8.49. The van der Waals surface area contributed by atoms with E-state index in [0.29, 0.717) is 11.4 Å². The second-order valence-corrected chi connectivity index (χ2v) is 5.96. The van der Waals surface area contributed by atoms with E-state index < -0.39 is 0 Å². The number of benzene rings is 1. The third-order valence-electron chi connectivity index (χ3n) is 3.50. The molecule has 118 valence electrons. The zero-order chi connectivity index (χ0) is 16.1. The molecule has 0 aliphatic heterocycles. The summed E-state index contributed by atoms with van der Waals surface area (Å²) in [7, 11) is 0. The number of aromatic nitrogens is 3. The van der Waals surface area contributed by atoms with E-state index in [4.69, 9.17) is 11.6 Å². The molecule has 23 heavy (non-hydrogen) atoms. The van der Waals surface area contributed by atoms with Gasteiger partial charge < -0.3 is 5.32 Å². The van der Waals surface area contributed by atoms with Gasteiger partial charge >= 0.3 is 0 Å². The van der Waals surface area contributed by atoms with Gasteiger partial charge in [-0.3, -0.25) is 0 Å². The summed E-state index contributed by atoms with van der Waals surface area (Å²) in [5, 5.41) is 5.10. The van der Waals surface area contributed by atoms with Crippen molar-refractivity contribution in [3.63, 3.8) is 0 Å². The van der Waals surface area contributed by atoms with Crippen molar-refractivity contribution in [3.05, 3.63) is 59.0 Å². The van der Waals surface area contributed by atoms with Crippen molar-refractivity contribution in [3.8, 4) is 0 Å². The first-order chi connectivity index (χ1) is 11.3. The van der Waals surface area contributed by atoms with E-state index in [1.807, 2.05) is 36.4 Å². The minimum Gasteiger partial charge on any atom is -0.369 e. The molecule has 0 amide bonds. The number of nitrogens with one attached hydrogen (secondary N) is 1. The maximum Gasteiger partial charge on any atom is 0.164 e. The van der Waals surface area contributed by atoms with Gasteiger partial charge in [-0.25, -0.2) is 15.0 Å². The van der Waals surface area contributed by atoms with Gasteiger partial charge in [0.15, 0.2) is 5.65 Å². The molecule has 0 atom stereocenters. The lowest BCUT2D eigenvalue weighted by atomic mass is 10.1. The van der Waals surface area contributed by atoms with Crippen LogP contribution in [0.15, 0.2) is 42.6 Å². The van der Waals surface area contributed by atoms with Gasteiger partial charge in [0.2, 0.25) is 0 Å². The average molecular weight is 345 g/mol. The minimum absolute atomic E-state index is 0.706. The molecule has 4 nitrogen and oxygen atoms in total. The molecule has 3 rings (SSSR count). The van der Waals surface area contributed by atoms with Gasteiger partial charge in [-0.15, -0.1) is 0 Å². The summed E-state index contributed by atoms with van der Waals surface area (Å²) in [5.74, 6) is 2.27. The highest BCUT2D eigenvalue weighted by molar-refractivity contribution is 7.80. The monoisotopic (exact) mass is 344 g/mol. The first-order valence-electron chi connectivity index (χ1n) is 7.47. The summed E-state index contributed by atoms with van der Waals surface area (Å²) in [6.07, 6.45) is 3.29. The van der Waals surface area contributed by atoms with Crippen LogP contribution in [-0.4, -0.2) is 27.2 Å². The molecule has 0 radical (unpaired) electrons. The molecular formula is C17H17ClN4S. The molecule has 0 bridgehead atoms. The van der Waals surface area contributed by atoms with Crippen molar-refractivity contribution in [1.29, 1.82) is 0 Å². The van der Waals surface area contributed by atoms with Crippen molar-refractivity contribution in [2.75, 3.05) is 17.6 Å². The summed E-state index contributed by atoms with van der Waals surface area (Å²) < 4.78 is 0. The molecule has 1 aromatic carbocycles. The van der Waals surface area contributed by atoms with Gasteiger partial charge in [-0.05, 0) is 35.9 Å². The Morgan fingerprint density at radius 1 is 1.04 bits per heavy atom. The normalized spacial score (nSPS) is 10.9. The second-order valence-electron chi connectivity index (χ2n) is 5.10. The van der Waals surface area contributed by atoms with Crippen LogP contribution < -0.4 is 5.32 Å². The van der Waals surface area contributed by atoms with Crippen LogP contribution in [0.4, 0.5) is 5.82 Å². The van der Waals surface area contributed by atoms with Gasteiger partial charge in [-0.1, -0.05) is 29.8 Å². The maximum absolute atomic E-state index is 6.20. The summed E-state index contributed by atoms with van der Waals surface area (Å²) in [5.41, 5.74) is 1.83. The molecule has 0 fully saturated rings.